The van der Waals surface area contributed by atoms with Gasteiger partial charge in [0.25, 0.3) is 0 Å². The molecule has 4 rings (SSSR count). The zero-order valence-electron chi connectivity index (χ0n) is 18.4. The molecule has 1 aliphatic heterocycles. The van der Waals surface area contributed by atoms with Crippen molar-refractivity contribution in [1.82, 2.24) is 19.6 Å². The fourth-order valence-electron chi connectivity index (χ4n) is 3.96. The van der Waals surface area contributed by atoms with Crippen LogP contribution < -0.4 is 0 Å². The second-order valence-corrected chi connectivity index (χ2v) is 8.24. The van der Waals surface area contributed by atoms with E-state index in [0.29, 0.717) is 5.69 Å². The van der Waals surface area contributed by atoms with E-state index in [1.165, 1.54) is 18.6 Å². The van der Waals surface area contributed by atoms with Gasteiger partial charge in [0.15, 0.2) is 5.76 Å². The van der Waals surface area contributed by atoms with Crippen LogP contribution in [0.1, 0.15) is 24.2 Å². The Kier molecular flexibility index (Phi) is 7.17. The lowest BCUT2D eigenvalue weighted by Crippen LogP contribution is -2.37. The summed E-state index contributed by atoms with van der Waals surface area (Å²) in [5.74, 6) is 1.31. The molecule has 3 aromatic rings. The van der Waals surface area contributed by atoms with Crippen LogP contribution in [-0.2, 0) is 11.3 Å². The van der Waals surface area contributed by atoms with E-state index >= 15 is 0 Å². The van der Waals surface area contributed by atoms with Crippen LogP contribution >= 0.6 is 0 Å². The summed E-state index contributed by atoms with van der Waals surface area (Å²) in [6, 6.07) is 10.4. The average molecular weight is 427 g/mol. The fraction of sp³-hybridized carbons (Fsp3) is 0.458. The van der Waals surface area contributed by atoms with Crippen LogP contribution in [0.5, 0.6) is 0 Å². The molecule has 1 aromatic carbocycles. The van der Waals surface area contributed by atoms with Crippen LogP contribution in [-0.4, -0.2) is 66.0 Å². The molecule has 3 heterocycles. The average Bonchev–Trinajstić information content (AvgIpc) is 3.38. The van der Waals surface area contributed by atoms with Gasteiger partial charge in [0.05, 0.1) is 18.9 Å². The van der Waals surface area contributed by atoms with Gasteiger partial charge in [0, 0.05) is 31.4 Å². The molecule has 6 nitrogen and oxygen atoms in total. The van der Waals surface area contributed by atoms with Gasteiger partial charge in [-0.2, -0.15) is 5.10 Å². The van der Waals surface area contributed by atoms with E-state index in [-0.39, 0.29) is 5.82 Å². The first-order valence-corrected chi connectivity index (χ1v) is 11.0. The topological polar surface area (TPSA) is 46.7 Å². The van der Waals surface area contributed by atoms with Crippen LogP contribution in [0.3, 0.4) is 0 Å². The quantitative estimate of drug-likeness (QED) is 0.482. The van der Waals surface area contributed by atoms with Gasteiger partial charge in [0.2, 0.25) is 0 Å². The highest BCUT2D eigenvalue weighted by molar-refractivity contribution is 5.57. The lowest BCUT2D eigenvalue weighted by Gasteiger charge is -2.26. The van der Waals surface area contributed by atoms with Crippen LogP contribution in [0.2, 0.25) is 0 Å². The minimum atomic E-state index is -0.276. The van der Waals surface area contributed by atoms with E-state index in [2.05, 4.69) is 16.8 Å². The first kappa shape index (κ1) is 21.7. The van der Waals surface area contributed by atoms with Crippen molar-refractivity contribution in [2.75, 3.05) is 46.4 Å². The van der Waals surface area contributed by atoms with Gasteiger partial charge in [-0.3, -0.25) is 4.90 Å². The predicted octanol–water partition coefficient (Wildman–Crippen LogP) is 4.12. The maximum absolute atomic E-state index is 13.7. The van der Waals surface area contributed by atoms with Crippen molar-refractivity contribution >= 4 is 0 Å². The smallest absolute Gasteiger partial charge is 0.154 e. The van der Waals surface area contributed by atoms with Gasteiger partial charge in [-0.1, -0.05) is 6.07 Å². The SMILES string of the molecule is Cc1ccc(-c2nn(-c3cccc(F)c3)cc2CN(C)CCCCN2CCOCC2)o1. The van der Waals surface area contributed by atoms with Crippen molar-refractivity contribution in [3.8, 4) is 17.1 Å². The van der Waals surface area contributed by atoms with Crippen LogP contribution in [0.25, 0.3) is 17.1 Å². The van der Waals surface area contributed by atoms with Crippen molar-refractivity contribution in [3.05, 3.63) is 59.7 Å². The summed E-state index contributed by atoms with van der Waals surface area (Å²) in [5.41, 5.74) is 2.57. The van der Waals surface area contributed by atoms with Gasteiger partial charge in [0.1, 0.15) is 17.3 Å². The van der Waals surface area contributed by atoms with E-state index in [0.717, 1.165) is 75.1 Å². The molecule has 0 unspecified atom stereocenters. The maximum atomic E-state index is 13.7. The molecule has 166 valence electrons. The van der Waals surface area contributed by atoms with Crippen molar-refractivity contribution in [2.24, 2.45) is 0 Å². The summed E-state index contributed by atoms with van der Waals surface area (Å²) in [4.78, 5) is 4.79. The fourth-order valence-corrected chi connectivity index (χ4v) is 3.96. The lowest BCUT2D eigenvalue weighted by atomic mass is 10.2. The Morgan fingerprint density at radius 2 is 1.97 bits per heavy atom. The first-order chi connectivity index (χ1) is 15.1. The molecular formula is C24H31FN4O2. The molecule has 7 heteroatoms. The Balaban J connectivity index is 1.42. The maximum Gasteiger partial charge on any atom is 0.154 e. The third-order valence-electron chi connectivity index (χ3n) is 5.64. The Hall–Kier alpha value is -2.48. The Morgan fingerprint density at radius 1 is 1.13 bits per heavy atom. The number of nitrogens with zero attached hydrogens (tertiary/aromatic N) is 4. The highest BCUT2D eigenvalue weighted by Crippen LogP contribution is 2.26. The van der Waals surface area contributed by atoms with Crippen molar-refractivity contribution < 1.29 is 13.5 Å². The van der Waals surface area contributed by atoms with E-state index in [4.69, 9.17) is 14.3 Å². The minimum Gasteiger partial charge on any atom is -0.460 e. The van der Waals surface area contributed by atoms with Crippen molar-refractivity contribution in [2.45, 2.75) is 26.3 Å². The summed E-state index contributed by atoms with van der Waals surface area (Å²) in [5, 5.41) is 4.73. The number of benzene rings is 1. The van der Waals surface area contributed by atoms with Crippen LogP contribution in [0.15, 0.2) is 47.0 Å². The van der Waals surface area contributed by atoms with Crippen molar-refractivity contribution in [1.29, 1.82) is 0 Å². The molecule has 0 aliphatic carbocycles. The van der Waals surface area contributed by atoms with Gasteiger partial charge in [-0.05, 0) is 70.2 Å². The number of unbranched alkanes of at least 4 members (excludes halogenated alkanes) is 1. The lowest BCUT2D eigenvalue weighted by molar-refractivity contribution is 0.0369. The first-order valence-electron chi connectivity index (χ1n) is 11.0. The number of halogens is 1. The van der Waals surface area contributed by atoms with E-state index in [1.54, 1.807) is 10.7 Å². The zero-order chi connectivity index (χ0) is 21.6. The Labute approximate surface area is 183 Å². The highest BCUT2D eigenvalue weighted by Gasteiger charge is 2.17. The van der Waals surface area contributed by atoms with Crippen LogP contribution in [0, 0.1) is 12.7 Å². The van der Waals surface area contributed by atoms with Crippen molar-refractivity contribution in [3.63, 3.8) is 0 Å². The summed E-state index contributed by atoms with van der Waals surface area (Å²) >= 11 is 0. The van der Waals surface area contributed by atoms with Gasteiger partial charge in [-0.15, -0.1) is 0 Å². The number of hydrogen-bond acceptors (Lipinski definition) is 5. The summed E-state index contributed by atoms with van der Waals surface area (Å²) < 4.78 is 26.7. The number of hydrogen-bond donors (Lipinski definition) is 0. The molecule has 1 fully saturated rings. The Morgan fingerprint density at radius 3 is 2.71 bits per heavy atom. The number of aromatic nitrogens is 2. The summed E-state index contributed by atoms with van der Waals surface area (Å²) in [6.07, 6.45) is 4.30. The number of morpholine rings is 1. The summed E-state index contributed by atoms with van der Waals surface area (Å²) in [7, 11) is 2.13. The number of ether oxygens (including phenoxy) is 1. The standard InChI is InChI=1S/C24H31FN4O2/c1-19-8-9-23(31-19)24-20(18-29(26-24)22-7-5-6-21(25)16-22)17-27(2)10-3-4-11-28-12-14-30-15-13-28/h5-9,16,18H,3-4,10-15,17H2,1-2H3. The van der Waals surface area contributed by atoms with E-state index in [9.17, 15) is 4.39 Å². The number of rotatable bonds is 9. The molecule has 0 radical (unpaired) electrons. The third-order valence-corrected chi connectivity index (χ3v) is 5.64. The Bertz CT molecular complexity index is 978. The largest absolute Gasteiger partial charge is 0.460 e. The molecule has 1 saturated heterocycles. The molecule has 0 N–H and O–H groups in total. The molecule has 0 spiro atoms. The second-order valence-electron chi connectivity index (χ2n) is 8.24. The summed E-state index contributed by atoms with van der Waals surface area (Å²) in [6.45, 7) is 8.60. The predicted molar refractivity (Wildman–Crippen MR) is 119 cm³/mol. The molecule has 0 saturated carbocycles. The number of aryl methyl sites for hydroxylation is 1. The minimum absolute atomic E-state index is 0.276. The van der Waals surface area contributed by atoms with E-state index in [1.807, 2.05) is 31.3 Å². The number of furan rings is 1. The molecular weight excluding hydrogens is 395 g/mol. The third kappa shape index (κ3) is 5.81. The normalized spacial score (nSPS) is 15.1. The molecule has 1 aliphatic rings. The molecule has 0 amide bonds. The van der Waals surface area contributed by atoms with Gasteiger partial charge < -0.3 is 14.1 Å². The molecule has 2 aromatic heterocycles. The van der Waals surface area contributed by atoms with Gasteiger partial charge >= 0.3 is 0 Å². The molecule has 31 heavy (non-hydrogen) atoms. The molecule has 0 atom stereocenters. The second kappa shape index (κ2) is 10.2. The van der Waals surface area contributed by atoms with Gasteiger partial charge in [-0.25, -0.2) is 9.07 Å². The zero-order valence-corrected chi connectivity index (χ0v) is 18.4. The molecule has 0 bridgehead atoms. The van der Waals surface area contributed by atoms with E-state index < -0.39 is 0 Å². The monoisotopic (exact) mass is 426 g/mol. The highest BCUT2D eigenvalue weighted by atomic mass is 19.1. The van der Waals surface area contributed by atoms with Crippen LogP contribution in [0.4, 0.5) is 4.39 Å².